The number of allylic oxidation sites excluding steroid dienone is 21. The van der Waals surface area contributed by atoms with E-state index in [2.05, 4.69) is 12.7 Å². The summed E-state index contributed by atoms with van der Waals surface area (Å²) in [6.07, 6.45) is 41.1. The van der Waals surface area contributed by atoms with Gasteiger partial charge in [-0.15, -0.1) is 0 Å². The third kappa shape index (κ3) is 12.6. The summed E-state index contributed by atoms with van der Waals surface area (Å²) in [6.45, 7) is 4.02. The fourth-order valence-corrected chi connectivity index (χ4v) is 1.58. The van der Waals surface area contributed by atoms with Crippen LogP contribution in [0.3, 0.4) is 0 Å². The van der Waals surface area contributed by atoms with Crippen LogP contribution < -0.4 is 0 Å². The first-order valence-electron chi connectivity index (χ1n) is 7.74. The molecule has 0 aliphatic heterocycles. The van der Waals surface area contributed by atoms with Gasteiger partial charge in [-0.05, 0) is 6.42 Å². The Balaban J connectivity index is 2.69. The van der Waals surface area contributed by atoms with Gasteiger partial charge in [0.2, 0.25) is 0 Å². The van der Waals surface area contributed by atoms with Crippen molar-refractivity contribution in [2.75, 3.05) is 0 Å². The monoisotopic (exact) mass is 300 g/mol. The van der Waals surface area contributed by atoms with Gasteiger partial charge in [-0.1, -0.05) is 134 Å². The predicted octanol–water partition coefficient (Wildman–Crippen LogP) is 6.51. The minimum Gasteiger partial charge on any atom is -0.0955 e. The van der Waals surface area contributed by atoms with Gasteiger partial charge in [-0.2, -0.15) is 0 Å². The molecule has 0 heteroatoms. The van der Waals surface area contributed by atoms with Crippen molar-refractivity contribution in [3.05, 3.63) is 134 Å². The Labute approximate surface area is 140 Å². The van der Waals surface area contributed by atoms with E-state index in [0.29, 0.717) is 0 Å². The average molecular weight is 300 g/mol. The van der Waals surface area contributed by atoms with E-state index in [9.17, 15) is 0 Å². The number of hydrogen-bond donors (Lipinski definition) is 0. The molecule has 0 saturated carbocycles. The van der Waals surface area contributed by atoms with E-state index < -0.39 is 0 Å². The summed E-state index contributed by atoms with van der Waals surface area (Å²) in [4.78, 5) is 0. The zero-order chi connectivity index (χ0) is 16.4. The molecular formula is C23H24. The van der Waals surface area contributed by atoms with Gasteiger partial charge in [0.25, 0.3) is 0 Å². The highest BCUT2D eigenvalue weighted by atomic mass is 13.9. The number of hydrogen-bond acceptors (Lipinski definition) is 0. The Morgan fingerprint density at radius 3 is 1.13 bits per heavy atom. The normalized spacial score (nSPS) is 30.5. The van der Waals surface area contributed by atoms with Crippen molar-refractivity contribution in [3.8, 4) is 0 Å². The molecule has 1 rings (SSSR count). The van der Waals surface area contributed by atoms with Crippen molar-refractivity contribution in [2.45, 2.75) is 6.42 Å². The summed E-state index contributed by atoms with van der Waals surface area (Å²) in [5.74, 6) is 0. The molecule has 0 spiro atoms. The molecular weight excluding hydrogens is 276 g/mol. The second kappa shape index (κ2) is 14.1. The van der Waals surface area contributed by atoms with E-state index >= 15 is 0 Å². The standard InChI is InChI=1S/C23H24/c1-23-21-19-17-15-13-11-9-7-5-3-2-4-6-8-10-12-14-16-18-20-22-23/h2-21H,1,22H2/b4-2+,5-3-,8-6+,9-7+,12-10+,13-11+,16-14+,17-15+,20-18-,21-19-. The second-order valence-corrected chi connectivity index (χ2v) is 4.73. The highest BCUT2D eigenvalue weighted by Crippen LogP contribution is 2.01. The molecule has 0 bridgehead atoms. The highest BCUT2D eigenvalue weighted by molar-refractivity contribution is 5.26. The molecule has 0 nitrogen and oxygen atoms in total. The minimum absolute atomic E-state index is 0.855. The van der Waals surface area contributed by atoms with E-state index in [1.54, 1.807) is 0 Å². The van der Waals surface area contributed by atoms with Gasteiger partial charge in [-0.25, -0.2) is 0 Å². The first-order chi connectivity index (χ1) is 11.4. The lowest BCUT2D eigenvalue weighted by Gasteiger charge is -1.90. The van der Waals surface area contributed by atoms with E-state index in [1.807, 2.05) is 115 Å². The lowest BCUT2D eigenvalue weighted by Crippen LogP contribution is -1.70. The molecule has 0 N–H and O–H groups in total. The second-order valence-electron chi connectivity index (χ2n) is 4.73. The van der Waals surface area contributed by atoms with Gasteiger partial charge in [-0.3, -0.25) is 0 Å². The Morgan fingerprint density at radius 2 is 0.739 bits per heavy atom. The molecule has 23 heavy (non-hydrogen) atoms. The zero-order valence-corrected chi connectivity index (χ0v) is 13.5. The minimum atomic E-state index is 0.855. The van der Waals surface area contributed by atoms with Crippen LogP contribution in [0.1, 0.15) is 6.42 Å². The maximum absolute atomic E-state index is 4.02. The molecule has 0 fully saturated rings. The summed E-state index contributed by atoms with van der Waals surface area (Å²) in [6, 6.07) is 0. The van der Waals surface area contributed by atoms with Crippen molar-refractivity contribution >= 4 is 0 Å². The lowest BCUT2D eigenvalue weighted by atomic mass is 10.2. The van der Waals surface area contributed by atoms with Crippen LogP contribution in [0, 0.1) is 0 Å². The first kappa shape index (κ1) is 18.2. The SMILES string of the molecule is C=C1\C=C/C=C/C=C/C=C/C=C\C=C\C=C\C=C\C=C\C=C/C1. The van der Waals surface area contributed by atoms with Crippen LogP contribution in [0.25, 0.3) is 0 Å². The maximum atomic E-state index is 4.02. The predicted molar refractivity (Wildman–Crippen MR) is 105 cm³/mol. The van der Waals surface area contributed by atoms with Gasteiger partial charge in [0, 0.05) is 0 Å². The first-order valence-corrected chi connectivity index (χ1v) is 7.74. The van der Waals surface area contributed by atoms with Crippen molar-refractivity contribution < 1.29 is 0 Å². The van der Waals surface area contributed by atoms with E-state index in [1.165, 1.54) is 0 Å². The zero-order valence-electron chi connectivity index (χ0n) is 13.5. The molecule has 0 aromatic heterocycles. The van der Waals surface area contributed by atoms with Crippen molar-refractivity contribution in [2.24, 2.45) is 0 Å². The molecule has 0 aromatic rings. The summed E-state index contributed by atoms with van der Waals surface area (Å²) < 4.78 is 0. The van der Waals surface area contributed by atoms with Crippen LogP contribution in [-0.4, -0.2) is 0 Å². The van der Waals surface area contributed by atoms with Gasteiger partial charge >= 0.3 is 0 Å². The van der Waals surface area contributed by atoms with Crippen LogP contribution >= 0.6 is 0 Å². The van der Waals surface area contributed by atoms with Crippen molar-refractivity contribution in [1.29, 1.82) is 0 Å². The van der Waals surface area contributed by atoms with E-state index in [0.717, 1.165) is 12.0 Å². The largest absolute Gasteiger partial charge is 0.0955 e. The highest BCUT2D eigenvalue weighted by Gasteiger charge is 1.81. The van der Waals surface area contributed by atoms with Gasteiger partial charge in [0.15, 0.2) is 0 Å². The molecule has 1 aliphatic carbocycles. The maximum Gasteiger partial charge on any atom is -0.0100 e. The molecule has 0 heterocycles. The molecule has 0 unspecified atom stereocenters. The Kier molecular flexibility index (Phi) is 11.1. The Bertz CT molecular complexity index is 621. The molecule has 0 radical (unpaired) electrons. The third-order valence-electron chi connectivity index (χ3n) is 2.74. The fraction of sp³-hybridized carbons (Fsp3) is 0.0435. The van der Waals surface area contributed by atoms with Gasteiger partial charge < -0.3 is 0 Å². The fourth-order valence-electron chi connectivity index (χ4n) is 1.58. The summed E-state index contributed by atoms with van der Waals surface area (Å²) in [5, 5.41) is 0. The molecule has 0 saturated heterocycles. The third-order valence-corrected chi connectivity index (χ3v) is 2.74. The summed E-state index contributed by atoms with van der Waals surface area (Å²) >= 11 is 0. The van der Waals surface area contributed by atoms with Gasteiger partial charge in [0.1, 0.15) is 0 Å². The smallest absolute Gasteiger partial charge is 0.0100 e. The molecule has 0 atom stereocenters. The van der Waals surface area contributed by atoms with Crippen LogP contribution in [0.2, 0.25) is 0 Å². The Morgan fingerprint density at radius 1 is 0.435 bits per heavy atom. The van der Waals surface area contributed by atoms with E-state index in [-0.39, 0.29) is 0 Å². The van der Waals surface area contributed by atoms with Gasteiger partial charge in [0.05, 0.1) is 0 Å². The van der Waals surface area contributed by atoms with Crippen LogP contribution in [0.5, 0.6) is 0 Å². The van der Waals surface area contributed by atoms with Crippen LogP contribution in [0.4, 0.5) is 0 Å². The topological polar surface area (TPSA) is 0 Å². The van der Waals surface area contributed by atoms with Crippen LogP contribution in [0.15, 0.2) is 134 Å². The van der Waals surface area contributed by atoms with Crippen molar-refractivity contribution in [3.63, 3.8) is 0 Å². The summed E-state index contributed by atoms with van der Waals surface area (Å²) in [5.41, 5.74) is 1.08. The molecule has 116 valence electrons. The molecule has 0 amide bonds. The molecule has 0 aromatic carbocycles. The summed E-state index contributed by atoms with van der Waals surface area (Å²) in [7, 11) is 0. The number of rotatable bonds is 0. The average Bonchev–Trinajstić information content (AvgIpc) is 2.55. The van der Waals surface area contributed by atoms with Crippen molar-refractivity contribution in [1.82, 2.24) is 0 Å². The Hall–Kier alpha value is -2.86. The lowest BCUT2D eigenvalue weighted by molar-refractivity contribution is 1.30. The van der Waals surface area contributed by atoms with Crippen LogP contribution in [-0.2, 0) is 0 Å². The quantitative estimate of drug-likeness (QED) is 0.478. The molecule has 1 aliphatic rings. The van der Waals surface area contributed by atoms with E-state index in [4.69, 9.17) is 0 Å².